The monoisotopic (exact) mass is 246 g/mol. The highest BCUT2D eigenvalue weighted by Crippen LogP contribution is 2.29. The van der Waals surface area contributed by atoms with E-state index < -0.39 is 5.82 Å². The molecule has 0 bridgehead atoms. The van der Waals surface area contributed by atoms with Crippen LogP contribution in [-0.4, -0.2) is 10.9 Å². The summed E-state index contributed by atoms with van der Waals surface area (Å²) in [7, 11) is 0. The third-order valence-electron chi connectivity index (χ3n) is 1.59. The van der Waals surface area contributed by atoms with Crippen LogP contribution in [0.1, 0.15) is 12.5 Å². The van der Waals surface area contributed by atoms with Gasteiger partial charge in [0.25, 0.3) is 0 Å². The topological polar surface area (TPSA) is 37.3 Å². The highest BCUT2D eigenvalue weighted by Gasteiger charge is 2.12. The zero-order valence-electron chi connectivity index (χ0n) is 6.97. The van der Waals surface area contributed by atoms with E-state index in [0.717, 1.165) is 6.07 Å². The van der Waals surface area contributed by atoms with Gasteiger partial charge in [-0.25, -0.2) is 4.39 Å². The molecule has 0 saturated carbocycles. The minimum absolute atomic E-state index is 0.0131. The van der Waals surface area contributed by atoms with E-state index in [1.807, 2.05) is 0 Å². The van der Waals surface area contributed by atoms with Gasteiger partial charge in [-0.05, 0) is 35.0 Å². The average Bonchev–Trinajstić information content (AvgIpc) is 2.05. The molecule has 0 amide bonds. The maximum Gasteiger partial charge on any atom is 0.134 e. The van der Waals surface area contributed by atoms with Gasteiger partial charge < -0.3 is 5.11 Å². The Bertz CT molecular complexity index is 350. The second-order valence-electron chi connectivity index (χ2n) is 2.74. The number of ketones is 1. The Morgan fingerprint density at radius 1 is 1.62 bits per heavy atom. The molecular formula is C9H8BrFO2. The minimum atomic E-state index is -0.486. The van der Waals surface area contributed by atoms with Crippen LogP contribution in [0.5, 0.6) is 5.75 Å². The maximum absolute atomic E-state index is 13.1. The summed E-state index contributed by atoms with van der Waals surface area (Å²) in [6.07, 6.45) is -0.0131. The summed E-state index contributed by atoms with van der Waals surface area (Å²) in [5.74, 6) is -0.692. The summed E-state index contributed by atoms with van der Waals surface area (Å²) >= 11 is 3.02. The summed E-state index contributed by atoms with van der Waals surface area (Å²) in [4.78, 5) is 10.8. The lowest BCUT2D eigenvalue weighted by Crippen LogP contribution is -2.00. The second-order valence-corrected chi connectivity index (χ2v) is 3.53. The fraction of sp³-hybridized carbons (Fsp3) is 0.222. The van der Waals surface area contributed by atoms with Crippen LogP contribution < -0.4 is 0 Å². The van der Waals surface area contributed by atoms with Crippen molar-refractivity contribution >= 4 is 21.7 Å². The number of carbonyl (C=O) groups is 1. The fourth-order valence-corrected chi connectivity index (χ4v) is 1.46. The van der Waals surface area contributed by atoms with Crippen LogP contribution in [0.3, 0.4) is 0 Å². The van der Waals surface area contributed by atoms with Crippen molar-refractivity contribution in [1.82, 2.24) is 0 Å². The third-order valence-corrected chi connectivity index (χ3v) is 2.48. The first-order chi connectivity index (χ1) is 6.02. The van der Waals surface area contributed by atoms with Gasteiger partial charge in [-0.2, -0.15) is 0 Å². The van der Waals surface area contributed by atoms with Crippen LogP contribution in [0.25, 0.3) is 0 Å². The van der Waals surface area contributed by atoms with Crippen molar-refractivity contribution in [3.05, 3.63) is 28.0 Å². The Morgan fingerprint density at radius 3 is 2.77 bits per heavy atom. The SMILES string of the molecule is CC(=O)Cc1c(F)ccc(O)c1Br. The van der Waals surface area contributed by atoms with Crippen molar-refractivity contribution in [2.24, 2.45) is 0 Å². The number of halogens is 2. The molecule has 0 saturated heterocycles. The van der Waals surface area contributed by atoms with Crippen LogP contribution in [0, 0.1) is 5.82 Å². The number of phenolic OH excluding ortho intramolecular Hbond substituents is 1. The summed E-state index contributed by atoms with van der Waals surface area (Å²) in [5.41, 5.74) is 0.201. The van der Waals surface area contributed by atoms with E-state index in [9.17, 15) is 14.3 Å². The molecule has 0 radical (unpaired) electrons. The molecule has 13 heavy (non-hydrogen) atoms. The predicted octanol–water partition coefficient (Wildman–Crippen LogP) is 2.43. The Morgan fingerprint density at radius 2 is 2.23 bits per heavy atom. The van der Waals surface area contributed by atoms with E-state index in [4.69, 9.17) is 0 Å². The van der Waals surface area contributed by atoms with Gasteiger partial charge in [-0.1, -0.05) is 0 Å². The smallest absolute Gasteiger partial charge is 0.134 e. The van der Waals surface area contributed by atoms with Gasteiger partial charge in [0.05, 0.1) is 4.47 Å². The first-order valence-corrected chi connectivity index (χ1v) is 4.47. The number of hydrogen-bond acceptors (Lipinski definition) is 2. The Hall–Kier alpha value is -0.900. The van der Waals surface area contributed by atoms with Crippen LogP contribution in [-0.2, 0) is 11.2 Å². The molecule has 0 heterocycles. The molecule has 0 aliphatic rings. The number of hydrogen-bond donors (Lipinski definition) is 1. The van der Waals surface area contributed by atoms with Crippen molar-refractivity contribution in [2.45, 2.75) is 13.3 Å². The maximum atomic E-state index is 13.1. The molecule has 0 aliphatic carbocycles. The highest BCUT2D eigenvalue weighted by molar-refractivity contribution is 9.10. The molecule has 2 nitrogen and oxygen atoms in total. The van der Waals surface area contributed by atoms with Crippen molar-refractivity contribution in [3.63, 3.8) is 0 Å². The van der Waals surface area contributed by atoms with E-state index >= 15 is 0 Å². The molecule has 1 aromatic rings. The molecule has 0 aliphatic heterocycles. The molecule has 1 rings (SSSR count). The van der Waals surface area contributed by atoms with E-state index in [-0.39, 0.29) is 28.0 Å². The summed E-state index contributed by atoms with van der Waals surface area (Å²) in [6.45, 7) is 1.37. The lowest BCUT2D eigenvalue weighted by molar-refractivity contribution is -0.116. The van der Waals surface area contributed by atoms with E-state index in [1.165, 1.54) is 13.0 Å². The lowest BCUT2D eigenvalue weighted by atomic mass is 10.1. The summed E-state index contributed by atoms with van der Waals surface area (Å²) in [6, 6.07) is 2.38. The van der Waals surface area contributed by atoms with Gasteiger partial charge in [0, 0.05) is 12.0 Å². The number of carbonyl (C=O) groups excluding carboxylic acids is 1. The summed E-state index contributed by atoms with van der Waals surface area (Å²) < 4.78 is 13.3. The Balaban J connectivity index is 3.17. The van der Waals surface area contributed by atoms with Crippen LogP contribution in [0.2, 0.25) is 0 Å². The largest absolute Gasteiger partial charge is 0.507 e. The van der Waals surface area contributed by atoms with E-state index in [2.05, 4.69) is 15.9 Å². The first kappa shape index (κ1) is 10.2. The van der Waals surface area contributed by atoms with Gasteiger partial charge in [-0.15, -0.1) is 0 Å². The van der Waals surface area contributed by atoms with Crippen LogP contribution in [0.4, 0.5) is 4.39 Å². The molecule has 0 aromatic heterocycles. The Labute approximate surface area is 83.5 Å². The van der Waals surface area contributed by atoms with Crippen molar-refractivity contribution < 1.29 is 14.3 Å². The van der Waals surface area contributed by atoms with E-state index in [1.54, 1.807) is 0 Å². The first-order valence-electron chi connectivity index (χ1n) is 3.67. The molecule has 0 atom stereocenters. The van der Waals surface area contributed by atoms with Gasteiger partial charge in [0.2, 0.25) is 0 Å². The van der Waals surface area contributed by atoms with Gasteiger partial charge >= 0.3 is 0 Å². The quantitative estimate of drug-likeness (QED) is 0.871. The van der Waals surface area contributed by atoms with Crippen LogP contribution in [0.15, 0.2) is 16.6 Å². The van der Waals surface area contributed by atoms with Crippen molar-refractivity contribution in [2.75, 3.05) is 0 Å². The van der Waals surface area contributed by atoms with Gasteiger partial charge in [0.1, 0.15) is 17.3 Å². The van der Waals surface area contributed by atoms with Crippen molar-refractivity contribution in [3.8, 4) is 5.75 Å². The van der Waals surface area contributed by atoms with E-state index in [0.29, 0.717) is 0 Å². The zero-order chi connectivity index (χ0) is 10.0. The molecule has 4 heteroatoms. The minimum Gasteiger partial charge on any atom is -0.507 e. The van der Waals surface area contributed by atoms with Gasteiger partial charge in [-0.3, -0.25) is 4.79 Å². The van der Waals surface area contributed by atoms with Crippen molar-refractivity contribution in [1.29, 1.82) is 0 Å². The van der Waals surface area contributed by atoms with Crippen LogP contribution >= 0.6 is 15.9 Å². The molecule has 0 unspecified atom stereocenters. The third kappa shape index (κ3) is 2.28. The summed E-state index contributed by atoms with van der Waals surface area (Å²) in [5, 5.41) is 9.21. The molecule has 70 valence electrons. The normalized spacial score (nSPS) is 10.1. The lowest BCUT2D eigenvalue weighted by Gasteiger charge is -2.05. The standard InChI is InChI=1S/C9H8BrFO2/c1-5(12)4-6-7(11)2-3-8(13)9(6)10/h2-3,13H,4H2,1H3. The molecular weight excluding hydrogens is 239 g/mol. The number of phenols is 1. The molecule has 0 spiro atoms. The number of benzene rings is 1. The fourth-order valence-electron chi connectivity index (χ4n) is 0.996. The average molecular weight is 247 g/mol. The number of Topliss-reactive ketones (excluding diaryl/α,β-unsaturated/α-hetero) is 1. The zero-order valence-corrected chi connectivity index (χ0v) is 8.56. The van der Waals surface area contributed by atoms with Gasteiger partial charge in [0.15, 0.2) is 0 Å². The number of aromatic hydroxyl groups is 1. The second kappa shape index (κ2) is 3.87. The molecule has 1 N–H and O–H groups in total. The predicted molar refractivity (Wildman–Crippen MR) is 50.1 cm³/mol. The molecule has 0 fully saturated rings. The Kier molecular flexibility index (Phi) is 3.03. The number of rotatable bonds is 2. The molecule has 1 aromatic carbocycles. The highest BCUT2D eigenvalue weighted by atomic mass is 79.9.